The second-order valence-electron chi connectivity index (χ2n) is 4.54. The molecule has 116 valence electrons. The minimum atomic E-state index is -1.39. The Morgan fingerprint density at radius 2 is 1.90 bits per heavy atom. The van der Waals surface area contributed by atoms with E-state index in [-0.39, 0.29) is 0 Å². The van der Waals surface area contributed by atoms with Crippen molar-refractivity contribution < 1.29 is 24.5 Å². The number of benzene rings is 1. The van der Waals surface area contributed by atoms with Gasteiger partial charge >= 0.3 is 0 Å². The topological polar surface area (TPSA) is 89.5 Å². The highest BCUT2D eigenvalue weighted by Gasteiger charge is 2.11. The predicted molar refractivity (Wildman–Crippen MR) is 76.6 cm³/mol. The predicted octanol–water partition coefficient (Wildman–Crippen LogP) is 0.357. The highest BCUT2D eigenvalue weighted by Crippen LogP contribution is 2.22. The number of ether oxygens (including phenoxy) is 1. The van der Waals surface area contributed by atoms with Crippen LogP contribution in [0.15, 0.2) is 24.3 Å². The molecule has 0 aliphatic heterocycles. The lowest BCUT2D eigenvalue weighted by molar-refractivity contribution is -0.314. The van der Waals surface area contributed by atoms with Crippen LogP contribution in [0.1, 0.15) is 31.7 Å². The van der Waals surface area contributed by atoms with Gasteiger partial charge in [0.1, 0.15) is 5.75 Å². The average Bonchev–Trinajstić information content (AvgIpc) is 2.44. The zero-order chi connectivity index (χ0) is 15.7. The number of carboxylic acid groups (broad SMARTS) is 2. The minimum Gasteiger partial charge on any atom is -0.550 e. The molecular formula is C15H18O5S-2. The van der Waals surface area contributed by atoms with E-state index in [0.29, 0.717) is 12.4 Å². The van der Waals surface area contributed by atoms with Crippen molar-refractivity contribution in [2.45, 2.75) is 37.2 Å². The molecule has 0 heterocycles. The van der Waals surface area contributed by atoms with Crippen molar-refractivity contribution in [3.63, 3.8) is 0 Å². The van der Waals surface area contributed by atoms with Gasteiger partial charge in [0.25, 0.3) is 0 Å². The molecule has 0 aliphatic carbocycles. The van der Waals surface area contributed by atoms with Gasteiger partial charge in [0.2, 0.25) is 0 Å². The van der Waals surface area contributed by atoms with Crippen LogP contribution >= 0.6 is 11.8 Å². The second-order valence-corrected chi connectivity index (χ2v) is 5.73. The molecule has 0 amide bonds. The molecule has 1 aromatic rings. The third kappa shape index (κ3) is 7.04. The summed E-state index contributed by atoms with van der Waals surface area (Å²) in [6.07, 6.45) is 1.51. The van der Waals surface area contributed by atoms with Gasteiger partial charge in [0, 0.05) is 23.4 Å². The Morgan fingerprint density at radius 1 is 1.24 bits per heavy atom. The Hall–Kier alpha value is -1.69. The van der Waals surface area contributed by atoms with Crippen molar-refractivity contribution in [1.29, 1.82) is 0 Å². The molecule has 0 spiro atoms. The van der Waals surface area contributed by atoms with Gasteiger partial charge in [-0.2, -0.15) is 0 Å². The highest BCUT2D eigenvalue weighted by molar-refractivity contribution is 7.99. The molecule has 0 unspecified atom stereocenters. The lowest BCUT2D eigenvalue weighted by Crippen LogP contribution is -2.38. The zero-order valence-electron chi connectivity index (χ0n) is 11.9. The van der Waals surface area contributed by atoms with Gasteiger partial charge in [-0.05, 0) is 24.1 Å². The first-order chi connectivity index (χ1) is 10.0. The number of carboxylic acids is 2. The van der Waals surface area contributed by atoms with Gasteiger partial charge in [-0.3, -0.25) is 0 Å². The fraction of sp³-hybridized carbons (Fsp3) is 0.467. The SMILES string of the molecule is CCCCOc1ccc(CS[C@@H](CC(=O)[O-])C(=O)[O-])cc1. The summed E-state index contributed by atoms with van der Waals surface area (Å²) in [7, 11) is 0. The van der Waals surface area contributed by atoms with E-state index in [0.717, 1.165) is 35.9 Å². The number of carbonyl (C=O) groups excluding carboxylic acids is 2. The molecule has 1 rings (SSSR count). The fourth-order valence-corrected chi connectivity index (χ4v) is 2.55. The fourth-order valence-electron chi connectivity index (χ4n) is 1.57. The van der Waals surface area contributed by atoms with Crippen molar-refractivity contribution >= 4 is 23.7 Å². The first-order valence-electron chi connectivity index (χ1n) is 6.77. The van der Waals surface area contributed by atoms with E-state index in [1.165, 1.54) is 0 Å². The average molecular weight is 310 g/mol. The van der Waals surface area contributed by atoms with Crippen molar-refractivity contribution in [2.75, 3.05) is 6.61 Å². The third-order valence-electron chi connectivity index (χ3n) is 2.76. The van der Waals surface area contributed by atoms with Crippen molar-refractivity contribution in [2.24, 2.45) is 0 Å². The number of unbranched alkanes of at least 4 members (excludes halogenated alkanes) is 1. The molecule has 0 radical (unpaired) electrons. The first kappa shape index (κ1) is 17.4. The van der Waals surface area contributed by atoms with Gasteiger partial charge < -0.3 is 24.5 Å². The van der Waals surface area contributed by atoms with E-state index >= 15 is 0 Å². The summed E-state index contributed by atoms with van der Waals surface area (Å²) in [5, 5.41) is 20.2. The van der Waals surface area contributed by atoms with Crippen LogP contribution in [0.4, 0.5) is 0 Å². The van der Waals surface area contributed by atoms with E-state index < -0.39 is 23.6 Å². The van der Waals surface area contributed by atoms with E-state index in [9.17, 15) is 19.8 Å². The number of rotatable bonds is 10. The molecule has 6 heteroatoms. The standard InChI is InChI=1S/C15H20O5S/c1-2-3-8-20-12-6-4-11(5-7-12)10-21-13(15(18)19)9-14(16)17/h4-7,13H,2-3,8-10H2,1H3,(H,16,17)(H,18,19)/p-2/t13-/m0/s1. The molecule has 1 aromatic carbocycles. The lowest BCUT2D eigenvalue weighted by Gasteiger charge is -2.18. The maximum absolute atomic E-state index is 10.8. The van der Waals surface area contributed by atoms with E-state index in [2.05, 4.69) is 6.92 Å². The van der Waals surface area contributed by atoms with Crippen LogP contribution in [0.2, 0.25) is 0 Å². The Bertz CT molecular complexity index is 458. The molecule has 0 N–H and O–H groups in total. The number of aliphatic carboxylic acids is 2. The van der Waals surface area contributed by atoms with Crippen LogP contribution in [0.5, 0.6) is 5.75 Å². The van der Waals surface area contributed by atoms with E-state index in [1.807, 2.05) is 24.3 Å². The molecule has 0 bridgehead atoms. The molecule has 0 aromatic heterocycles. The third-order valence-corrected chi connectivity index (χ3v) is 4.02. The zero-order valence-corrected chi connectivity index (χ0v) is 12.7. The summed E-state index contributed by atoms with van der Waals surface area (Å²) in [6, 6.07) is 7.30. The quantitative estimate of drug-likeness (QED) is 0.580. The van der Waals surface area contributed by atoms with Gasteiger partial charge in [-0.1, -0.05) is 25.5 Å². The number of thioether (sulfide) groups is 1. The Labute approximate surface area is 128 Å². The smallest absolute Gasteiger partial charge is 0.119 e. The van der Waals surface area contributed by atoms with Gasteiger partial charge in [0.05, 0.1) is 12.6 Å². The molecule has 0 aliphatic rings. The van der Waals surface area contributed by atoms with Crippen LogP contribution in [0.3, 0.4) is 0 Å². The van der Waals surface area contributed by atoms with Gasteiger partial charge in [-0.15, -0.1) is 11.8 Å². The van der Waals surface area contributed by atoms with Gasteiger partial charge in [-0.25, -0.2) is 0 Å². The van der Waals surface area contributed by atoms with E-state index in [4.69, 9.17) is 4.74 Å². The summed E-state index contributed by atoms with van der Waals surface area (Å²) in [5.41, 5.74) is 0.896. The molecule has 5 nitrogen and oxygen atoms in total. The number of hydrogen-bond donors (Lipinski definition) is 0. The van der Waals surface area contributed by atoms with Crippen LogP contribution in [0.25, 0.3) is 0 Å². The molecule has 0 fully saturated rings. The summed E-state index contributed by atoms with van der Waals surface area (Å²) < 4.78 is 5.52. The van der Waals surface area contributed by atoms with Crippen molar-refractivity contribution in [1.82, 2.24) is 0 Å². The van der Waals surface area contributed by atoms with Crippen molar-refractivity contribution in [3.05, 3.63) is 29.8 Å². The van der Waals surface area contributed by atoms with Crippen LogP contribution in [-0.2, 0) is 15.3 Å². The molecule has 1 atom stereocenters. The van der Waals surface area contributed by atoms with Gasteiger partial charge in [0.15, 0.2) is 0 Å². The summed E-state index contributed by atoms with van der Waals surface area (Å²) >= 11 is 1.01. The first-order valence-corrected chi connectivity index (χ1v) is 7.81. The maximum atomic E-state index is 10.8. The maximum Gasteiger partial charge on any atom is 0.119 e. The highest BCUT2D eigenvalue weighted by atomic mass is 32.2. The Balaban J connectivity index is 2.47. The Morgan fingerprint density at radius 3 is 2.43 bits per heavy atom. The summed E-state index contributed by atoms with van der Waals surface area (Å²) in [4.78, 5) is 21.3. The van der Waals surface area contributed by atoms with E-state index in [1.54, 1.807) is 0 Å². The number of carbonyl (C=O) groups is 2. The molecular weight excluding hydrogens is 292 g/mol. The molecule has 0 saturated carbocycles. The summed E-state index contributed by atoms with van der Waals surface area (Å²) in [5.74, 6) is -1.62. The van der Waals surface area contributed by atoms with Crippen LogP contribution in [-0.4, -0.2) is 23.8 Å². The Kier molecular flexibility index (Phi) is 7.68. The van der Waals surface area contributed by atoms with Crippen LogP contribution < -0.4 is 14.9 Å². The van der Waals surface area contributed by atoms with Crippen LogP contribution in [0, 0.1) is 0 Å². The second kappa shape index (κ2) is 9.28. The largest absolute Gasteiger partial charge is 0.550 e. The monoisotopic (exact) mass is 310 g/mol. The summed E-state index contributed by atoms with van der Waals surface area (Å²) in [6.45, 7) is 2.76. The normalized spacial score (nSPS) is 11.9. The van der Waals surface area contributed by atoms with Crippen molar-refractivity contribution in [3.8, 4) is 5.75 Å². The minimum absolute atomic E-state index is 0.390. The molecule has 21 heavy (non-hydrogen) atoms. The lowest BCUT2D eigenvalue weighted by atomic mass is 10.2. The molecule has 0 saturated heterocycles. The number of hydrogen-bond acceptors (Lipinski definition) is 6.